The van der Waals surface area contributed by atoms with Crippen LogP contribution in [-0.2, 0) is 0 Å². The van der Waals surface area contributed by atoms with Gasteiger partial charge in [-0.2, -0.15) is 0 Å². The van der Waals surface area contributed by atoms with E-state index in [0.717, 1.165) is 33.0 Å². The van der Waals surface area contributed by atoms with Crippen molar-refractivity contribution < 1.29 is 15.1 Å². The molecule has 0 atom stereocenters. The lowest BCUT2D eigenvalue weighted by Crippen LogP contribution is -2.01. The Hall–Kier alpha value is -6.71. The Kier molecular flexibility index (Phi) is 5.08. The van der Waals surface area contributed by atoms with Gasteiger partial charge in [0.1, 0.15) is 0 Å². The van der Waals surface area contributed by atoms with Gasteiger partial charge in [-0.05, 0) is 67.0 Å². The third kappa shape index (κ3) is 5.61. The number of nitrogens with zero attached hydrogens (tertiary/aromatic N) is 3. The molecule has 0 amide bonds. The van der Waals surface area contributed by atoms with E-state index in [1.165, 1.54) is 0 Å². The van der Waals surface area contributed by atoms with Crippen molar-refractivity contribution in [2.75, 3.05) is 0 Å². The lowest BCUT2D eigenvalue weighted by Gasteiger charge is -2.13. The fourth-order valence-electron chi connectivity index (χ4n) is 6.05. The molecule has 1 heterocycles. The molecule has 9 rings (SSSR count). The molecule has 9 aromatic rings. The molecule has 3 heteroatoms. The Bertz CT molecular complexity index is 3230. The normalized spacial score (nSPS) is 14.3. The molecule has 0 spiro atoms. The average Bonchev–Trinajstić information content (AvgIpc) is 3.29. The SMILES string of the molecule is [2H]c1c([2H])c([2H])c(-c2c([2H])c([2H])c3c([2H])c(-c4nc(-c5ccccc5)nc(-c5ccccc5-c5ccc(-c6cccc7ccccc67)cc5)n4)c([2H])c([2H])c3c2[2H])c([2H])c1[2H]. The molecular weight excluding hydrogens is 607 g/mol. The number of rotatable bonds is 6. The first-order valence-corrected chi connectivity index (χ1v) is 16.0. The maximum absolute atomic E-state index is 9.42. The fourth-order valence-corrected chi connectivity index (χ4v) is 6.05. The minimum Gasteiger partial charge on any atom is -0.208 e. The second kappa shape index (κ2) is 12.7. The van der Waals surface area contributed by atoms with Gasteiger partial charge in [0, 0.05) is 16.7 Å². The highest BCUT2D eigenvalue weighted by molar-refractivity contribution is 5.97. The first-order chi connectivity index (χ1) is 29.4. The van der Waals surface area contributed by atoms with Gasteiger partial charge >= 0.3 is 0 Å². The molecule has 0 aliphatic heterocycles. The highest BCUT2D eigenvalue weighted by Gasteiger charge is 2.16. The molecule has 234 valence electrons. The maximum Gasteiger partial charge on any atom is 0.164 e. The van der Waals surface area contributed by atoms with E-state index in [9.17, 15) is 2.74 Å². The molecule has 0 fully saturated rings. The summed E-state index contributed by atoms with van der Waals surface area (Å²) in [6, 6.07) is 32.4. The minimum absolute atomic E-state index is 0.137. The van der Waals surface area contributed by atoms with Crippen molar-refractivity contribution in [2.45, 2.75) is 0 Å². The topological polar surface area (TPSA) is 38.7 Å². The van der Waals surface area contributed by atoms with Crippen LogP contribution in [0, 0.1) is 0 Å². The third-order valence-corrected chi connectivity index (χ3v) is 8.48. The summed E-state index contributed by atoms with van der Waals surface area (Å²) in [5, 5.41) is 1.62. The first-order valence-electron chi connectivity index (χ1n) is 21.5. The van der Waals surface area contributed by atoms with Gasteiger partial charge in [0.25, 0.3) is 0 Å². The summed E-state index contributed by atoms with van der Waals surface area (Å²) >= 11 is 0. The summed E-state index contributed by atoms with van der Waals surface area (Å²) in [6.07, 6.45) is 0. The molecular formula is C47H31N3. The van der Waals surface area contributed by atoms with Crippen molar-refractivity contribution in [1.82, 2.24) is 15.0 Å². The van der Waals surface area contributed by atoms with Gasteiger partial charge in [-0.25, -0.2) is 15.0 Å². The van der Waals surface area contributed by atoms with Crippen LogP contribution in [0.4, 0.5) is 0 Å². The van der Waals surface area contributed by atoms with Gasteiger partial charge in [-0.1, -0.05) is 176 Å². The van der Waals surface area contributed by atoms with Gasteiger partial charge in [-0.15, -0.1) is 0 Å². The second-order valence-corrected chi connectivity index (χ2v) is 11.6. The molecule has 0 N–H and O–H groups in total. The number of aromatic nitrogens is 3. The highest BCUT2D eigenvalue weighted by atomic mass is 15.0. The quantitative estimate of drug-likeness (QED) is 0.180. The Balaban J connectivity index is 1.24. The Morgan fingerprint density at radius 1 is 0.320 bits per heavy atom. The average molecular weight is 649 g/mol. The largest absolute Gasteiger partial charge is 0.208 e. The summed E-state index contributed by atoms with van der Waals surface area (Å²) in [7, 11) is 0. The van der Waals surface area contributed by atoms with Crippen LogP contribution in [-0.4, -0.2) is 15.0 Å². The standard InChI is InChI=1S/C47H31N3/c1-3-12-32(13-4-1)37-26-27-39-31-40(29-28-38(39)30-37)46-48-45(36-15-5-2-6-16-36)49-47(50-46)44-20-10-9-19-43(44)35-24-22-34(23-25-35)42-21-11-17-33-14-7-8-18-41(33)42/h1-31H/i1D,3D,4D,12D,13D,26D,27D,28D,29D,30D,31D. The molecule has 0 saturated carbocycles. The van der Waals surface area contributed by atoms with E-state index in [4.69, 9.17) is 27.3 Å². The minimum atomic E-state index is -0.690. The van der Waals surface area contributed by atoms with Crippen LogP contribution < -0.4 is 0 Å². The molecule has 1 aromatic heterocycles. The predicted molar refractivity (Wildman–Crippen MR) is 207 cm³/mol. The van der Waals surface area contributed by atoms with E-state index in [2.05, 4.69) is 36.4 Å². The van der Waals surface area contributed by atoms with Crippen LogP contribution in [0.15, 0.2) is 188 Å². The van der Waals surface area contributed by atoms with E-state index >= 15 is 0 Å². The zero-order valence-corrected chi connectivity index (χ0v) is 26.4. The molecule has 3 nitrogen and oxygen atoms in total. The maximum atomic E-state index is 9.42. The van der Waals surface area contributed by atoms with Gasteiger partial charge in [0.15, 0.2) is 17.5 Å². The molecule has 0 bridgehead atoms. The molecule has 0 saturated heterocycles. The van der Waals surface area contributed by atoms with E-state index in [1.54, 1.807) is 12.1 Å². The van der Waals surface area contributed by atoms with Gasteiger partial charge in [0.2, 0.25) is 0 Å². The smallest absolute Gasteiger partial charge is 0.164 e. The molecule has 0 unspecified atom stereocenters. The number of fused-ring (bicyclic) bond motifs is 2. The number of hydrogen-bond acceptors (Lipinski definition) is 3. The zero-order chi connectivity index (χ0) is 42.9. The van der Waals surface area contributed by atoms with E-state index in [-0.39, 0.29) is 33.8 Å². The van der Waals surface area contributed by atoms with Crippen LogP contribution in [0.1, 0.15) is 15.1 Å². The molecule has 50 heavy (non-hydrogen) atoms. The van der Waals surface area contributed by atoms with E-state index in [1.807, 2.05) is 72.8 Å². The van der Waals surface area contributed by atoms with Crippen molar-refractivity contribution in [1.29, 1.82) is 0 Å². The van der Waals surface area contributed by atoms with Crippen molar-refractivity contribution >= 4 is 21.5 Å². The third-order valence-electron chi connectivity index (χ3n) is 8.48. The Labute approximate surface area is 306 Å². The van der Waals surface area contributed by atoms with E-state index < -0.39 is 77.6 Å². The highest BCUT2D eigenvalue weighted by Crippen LogP contribution is 2.35. The van der Waals surface area contributed by atoms with Crippen molar-refractivity contribution in [3.05, 3.63) is 188 Å². The van der Waals surface area contributed by atoms with Crippen LogP contribution >= 0.6 is 0 Å². The summed E-state index contributed by atoms with van der Waals surface area (Å²) in [4.78, 5) is 14.4. The molecule has 0 radical (unpaired) electrons. The van der Waals surface area contributed by atoms with Gasteiger partial charge < -0.3 is 0 Å². The molecule has 8 aromatic carbocycles. The fraction of sp³-hybridized carbons (Fsp3) is 0. The number of benzene rings is 8. The molecule has 0 aliphatic carbocycles. The lowest BCUT2D eigenvalue weighted by molar-refractivity contribution is 1.07. The Morgan fingerprint density at radius 3 is 1.66 bits per heavy atom. The van der Waals surface area contributed by atoms with Gasteiger partial charge in [-0.3, -0.25) is 0 Å². The van der Waals surface area contributed by atoms with Crippen LogP contribution in [0.5, 0.6) is 0 Å². The Morgan fingerprint density at radius 2 is 0.880 bits per heavy atom. The van der Waals surface area contributed by atoms with Crippen molar-refractivity contribution in [3.63, 3.8) is 0 Å². The second-order valence-electron chi connectivity index (χ2n) is 11.6. The predicted octanol–water partition coefficient (Wildman–Crippen LogP) is 12.2. The van der Waals surface area contributed by atoms with E-state index in [0.29, 0.717) is 11.1 Å². The summed E-state index contributed by atoms with van der Waals surface area (Å²) in [5.74, 6) is 0.299. The van der Waals surface area contributed by atoms with Crippen LogP contribution in [0.3, 0.4) is 0 Å². The van der Waals surface area contributed by atoms with Crippen LogP contribution in [0.2, 0.25) is 0 Å². The number of hydrogen-bond donors (Lipinski definition) is 0. The summed E-state index contributed by atoms with van der Waals surface area (Å²) < 4.78 is 96.4. The monoisotopic (exact) mass is 648 g/mol. The van der Waals surface area contributed by atoms with Crippen molar-refractivity contribution in [2.24, 2.45) is 0 Å². The van der Waals surface area contributed by atoms with Crippen molar-refractivity contribution in [3.8, 4) is 67.5 Å². The zero-order valence-electron chi connectivity index (χ0n) is 37.4. The lowest BCUT2D eigenvalue weighted by atomic mass is 9.94. The first kappa shape index (κ1) is 20.0. The summed E-state index contributed by atoms with van der Waals surface area (Å²) in [6.45, 7) is 0. The molecule has 0 aliphatic rings. The van der Waals surface area contributed by atoms with Gasteiger partial charge in [0.05, 0.1) is 15.1 Å². The van der Waals surface area contributed by atoms with Crippen LogP contribution in [0.25, 0.3) is 89.1 Å². The summed E-state index contributed by atoms with van der Waals surface area (Å²) in [5.41, 5.74) is 3.89.